The number of hydrogen-bond donors (Lipinski definition) is 1. The highest BCUT2D eigenvalue weighted by molar-refractivity contribution is 5.20. The van der Waals surface area contributed by atoms with Gasteiger partial charge in [0.25, 0.3) is 0 Å². The fourth-order valence-corrected chi connectivity index (χ4v) is 1.63. The summed E-state index contributed by atoms with van der Waals surface area (Å²) in [5, 5.41) is 0. The third-order valence-electron chi connectivity index (χ3n) is 2.54. The normalized spacial score (nSPS) is 10.7. The summed E-state index contributed by atoms with van der Waals surface area (Å²) in [5.41, 5.74) is 6.89. The van der Waals surface area contributed by atoms with Crippen LogP contribution >= 0.6 is 0 Å². The molecule has 0 amide bonds. The SMILES string of the molecule is NCCCc1coc(Cc2ccccc2F)n1. The van der Waals surface area contributed by atoms with Crippen LogP contribution in [0.3, 0.4) is 0 Å². The molecule has 4 heteroatoms. The Hall–Kier alpha value is -1.68. The molecule has 0 spiro atoms. The van der Waals surface area contributed by atoms with E-state index in [1.807, 2.05) is 0 Å². The second kappa shape index (κ2) is 5.59. The van der Waals surface area contributed by atoms with Crippen LogP contribution in [-0.4, -0.2) is 11.5 Å². The van der Waals surface area contributed by atoms with Gasteiger partial charge in [0.2, 0.25) is 0 Å². The van der Waals surface area contributed by atoms with Crippen LogP contribution in [0.25, 0.3) is 0 Å². The van der Waals surface area contributed by atoms with Gasteiger partial charge < -0.3 is 10.2 Å². The molecule has 1 aromatic carbocycles. The van der Waals surface area contributed by atoms with Crippen LogP contribution in [0.5, 0.6) is 0 Å². The number of nitrogens with zero attached hydrogens (tertiary/aromatic N) is 1. The molecule has 0 aliphatic rings. The van der Waals surface area contributed by atoms with E-state index in [9.17, 15) is 4.39 Å². The monoisotopic (exact) mass is 234 g/mol. The van der Waals surface area contributed by atoms with E-state index in [4.69, 9.17) is 10.2 Å². The predicted octanol–water partition coefficient (Wildman–Crippen LogP) is 2.30. The Morgan fingerprint density at radius 2 is 2.12 bits per heavy atom. The first-order valence-electron chi connectivity index (χ1n) is 5.66. The lowest BCUT2D eigenvalue weighted by Gasteiger charge is -1.98. The Balaban J connectivity index is 2.04. The van der Waals surface area contributed by atoms with Crippen LogP contribution in [0.1, 0.15) is 23.6 Å². The quantitative estimate of drug-likeness (QED) is 0.863. The smallest absolute Gasteiger partial charge is 0.198 e. The average Bonchev–Trinajstić information content (AvgIpc) is 2.77. The highest BCUT2D eigenvalue weighted by Gasteiger charge is 2.07. The van der Waals surface area contributed by atoms with Crippen molar-refractivity contribution < 1.29 is 8.81 Å². The molecule has 0 aliphatic carbocycles. The number of hydrogen-bond acceptors (Lipinski definition) is 3. The second-order valence-corrected chi connectivity index (χ2v) is 3.89. The lowest BCUT2D eigenvalue weighted by Crippen LogP contribution is -2.00. The topological polar surface area (TPSA) is 52.0 Å². The molecule has 90 valence electrons. The third kappa shape index (κ3) is 3.14. The zero-order chi connectivity index (χ0) is 12.1. The minimum atomic E-state index is -0.228. The molecule has 3 nitrogen and oxygen atoms in total. The molecule has 17 heavy (non-hydrogen) atoms. The van der Waals surface area contributed by atoms with E-state index in [2.05, 4.69) is 4.98 Å². The van der Waals surface area contributed by atoms with Crippen molar-refractivity contribution >= 4 is 0 Å². The fraction of sp³-hybridized carbons (Fsp3) is 0.308. The molecule has 0 fully saturated rings. The van der Waals surface area contributed by atoms with Gasteiger partial charge in [0, 0.05) is 0 Å². The standard InChI is InChI=1S/C13H15FN2O/c14-12-6-2-1-4-10(12)8-13-16-11(9-17-13)5-3-7-15/h1-2,4,6,9H,3,5,7-8,15H2. The van der Waals surface area contributed by atoms with Gasteiger partial charge in [-0.05, 0) is 31.0 Å². The Labute approximate surface area is 99.5 Å². The fourth-order valence-electron chi connectivity index (χ4n) is 1.63. The van der Waals surface area contributed by atoms with Gasteiger partial charge in [0.05, 0.1) is 12.1 Å². The molecule has 1 heterocycles. The first-order valence-corrected chi connectivity index (χ1v) is 5.66. The number of nitrogens with two attached hydrogens (primary N) is 1. The zero-order valence-electron chi connectivity index (χ0n) is 9.53. The van der Waals surface area contributed by atoms with E-state index in [0.29, 0.717) is 24.4 Å². The van der Waals surface area contributed by atoms with Crippen molar-refractivity contribution in [1.82, 2.24) is 4.98 Å². The summed E-state index contributed by atoms with van der Waals surface area (Å²) in [7, 11) is 0. The van der Waals surface area contributed by atoms with E-state index in [1.165, 1.54) is 6.07 Å². The van der Waals surface area contributed by atoms with Crippen molar-refractivity contribution in [1.29, 1.82) is 0 Å². The maximum absolute atomic E-state index is 13.4. The third-order valence-corrected chi connectivity index (χ3v) is 2.54. The first kappa shape index (κ1) is 11.8. The molecular weight excluding hydrogens is 219 g/mol. The Kier molecular flexibility index (Phi) is 3.88. The van der Waals surface area contributed by atoms with Crippen LogP contribution < -0.4 is 5.73 Å². The summed E-state index contributed by atoms with van der Waals surface area (Å²) < 4.78 is 18.7. The molecule has 0 saturated carbocycles. The lowest BCUT2D eigenvalue weighted by atomic mass is 10.1. The number of aryl methyl sites for hydroxylation is 1. The van der Waals surface area contributed by atoms with Crippen molar-refractivity contribution in [3.8, 4) is 0 Å². The minimum Gasteiger partial charge on any atom is -0.448 e. The molecule has 1 aromatic heterocycles. The Bertz CT molecular complexity index is 482. The summed E-state index contributed by atoms with van der Waals surface area (Å²) in [6, 6.07) is 6.64. The molecule has 0 bridgehead atoms. The van der Waals surface area contributed by atoms with Crippen LogP contribution in [0.15, 0.2) is 34.9 Å². The van der Waals surface area contributed by atoms with Gasteiger partial charge in [-0.25, -0.2) is 9.37 Å². The number of oxazole rings is 1. The van der Waals surface area contributed by atoms with Gasteiger partial charge in [0.15, 0.2) is 5.89 Å². The summed E-state index contributed by atoms with van der Waals surface area (Å²) in [5.74, 6) is 0.316. The van der Waals surface area contributed by atoms with Gasteiger partial charge in [0.1, 0.15) is 12.1 Å². The molecule has 2 rings (SSSR count). The van der Waals surface area contributed by atoms with Gasteiger partial charge in [-0.1, -0.05) is 18.2 Å². The molecular formula is C13H15FN2O. The highest BCUT2D eigenvalue weighted by Crippen LogP contribution is 2.13. The number of benzene rings is 1. The van der Waals surface area contributed by atoms with Crippen LogP contribution in [0.2, 0.25) is 0 Å². The van der Waals surface area contributed by atoms with Crippen molar-refractivity contribution in [2.75, 3.05) is 6.54 Å². The molecule has 2 aromatic rings. The Morgan fingerprint density at radius 3 is 2.88 bits per heavy atom. The minimum absolute atomic E-state index is 0.228. The van der Waals surface area contributed by atoms with E-state index in [1.54, 1.807) is 24.5 Å². The van der Waals surface area contributed by atoms with Crippen molar-refractivity contribution in [3.05, 3.63) is 53.5 Å². The van der Waals surface area contributed by atoms with Crippen LogP contribution in [0.4, 0.5) is 4.39 Å². The van der Waals surface area contributed by atoms with Crippen molar-refractivity contribution in [2.24, 2.45) is 5.73 Å². The molecule has 0 atom stereocenters. The summed E-state index contributed by atoms with van der Waals surface area (Å²) in [6.07, 6.45) is 3.68. The van der Waals surface area contributed by atoms with Crippen molar-refractivity contribution in [2.45, 2.75) is 19.3 Å². The zero-order valence-corrected chi connectivity index (χ0v) is 9.53. The number of aromatic nitrogens is 1. The van der Waals surface area contributed by atoms with E-state index >= 15 is 0 Å². The van der Waals surface area contributed by atoms with Gasteiger partial charge >= 0.3 is 0 Å². The van der Waals surface area contributed by atoms with Crippen molar-refractivity contribution in [3.63, 3.8) is 0 Å². The van der Waals surface area contributed by atoms with Gasteiger partial charge in [-0.2, -0.15) is 0 Å². The molecule has 0 radical (unpaired) electrons. The number of halogens is 1. The molecule has 0 aliphatic heterocycles. The predicted molar refractivity (Wildman–Crippen MR) is 63.1 cm³/mol. The lowest BCUT2D eigenvalue weighted by molar-refractivity contribution is 0.500. The number of rotatable bonds is 5. The summed E-state index contributed by atoms with van der Waals surface area (Å²) in [4.78, 5) is 4.30. The van der Waals surface area contributed by atoms with E-state index < -0.39 is 0 Å². The average molecular weight is 234 g/mol. The van der Waals surface area contributed by atoms with E-state index in [0.717, 1.165) is 18.5 Å². The van der Waals surface area contributed by atoms with E-state index in [-0.39, 0.29) is 5.82 Å². The maximum Gasteiger partial charge on any atom is 0.198 e. The molecule has 2 N–H and O–H groups in total. The summed E-state index contributed by atoms with van der Waals surface area (Å²) >= 11 is 0. The first-order chi connectivity index (χ1) is 8.29. The molecule has 0 saturated heterocycles. The Morgan fingerprint density at radius 1 is 1.29 bits per heavy atom. The molecule has 0 unspecified atom stereocenters. The summed E-state index contributed by atoms with van der Waals surface area (Å²) in [6.45, 7) is 0.634. The van der Waals surface area contributed by atoms with Crippen LogP contribution in [0, 0.1) is 5.82 Å². The maximum atomic E-state index is 13.4. The van der Waals surface area contributed by atoms with Crippen LogP contribution in [-0.2, 0) is 12.8 Å². The largest absolute Gasteiger partial charge is 0.448 e. The van der Waals surface area contributed by atoms with Gasteiger partial charge in [-0.3, -0.25) is 0 Å². The highest BCUT2D eigenvalue weighted by atomic mass is 19.1. The van der Waals surface area contributed by atoms with Gasteiger partial charge in [-0.15, -0.1) is 0 Å². The second-order valence-electron chi connectivity index (χ2n) is 3.89.